The van der Waals surface area contributed by atoms with Crippen molar-refractivity contribution >= 4 is 33.3 Å². The fraction of sp³-hybridized carbons (Fsp3) is 0.0588. The van der Waals surface area contributed by atoms with Crippen LogP contribution in [0.15, 0.2) is 59.1 Å². The van der Waals surface area contributed by atoms with Gasteiger partial charge in [0.05, 0.1) is 10.5 Å². The van der Waals surface area contributed by atoms with Gasteiger partial charge in [0, 0.05) is 18.3 Å². The highest BCUT2D eigenvalue weighted by Gasteiger charge is 2.37. The molecule has 0 atom stereocenters. The number of carbonyl (C=O) groups is 2. The smallest absolute Gasteiger partial charge is 0.335 e. The van der Waals surface area contributed by atoms with Crippen molar-refractivity contribution in [3.63, 3.8) is 0 Å². The van der Waals surface area contributed by atoms with E-state index in [1.807, 2.05) is 0 Å². The van der Waals surface area contributed by atoms with E-state index >= 15 is 0 Å². The highest BCUT2D eigenvalue weighted by atomic mass is 32.2. The number of aliphatic hydroxyl groups excluding tert-OH is 1. The maximum absolute atomic E-state index is 12.6. The molecule has 0 radical (unpaired) electrons. The molecule has 3 rings (SSSR count). The number of fused-ring (bicyclic) bond motifs is 1. The first-order valence-electron chi connectivity index (χ1n) is 7.40. The third kappa shape index (κ3) is 2.78. The predicted molar refractivity (Wildman–Crippen MR) is 93.0 cm³/mol. The summed E-state index contributed by atoms with van der Waals surface area (Å²) in [6, 6.07) is 11.3. The van der Waals surface area contributed by atoms with E-state index in [4.69, 9.17) is 5.11 Å². The average Bonchev–Trinajstić information content (AvgIpc) is 2.61. The minimum absolute atomic E-state index is 0.0232. The Morgan fingerprint density at radius 1 is 1.08 bits per heavy atom. The van der Waals surface area contributed by atoms with Gasteiger partial charge in [-0.1, -0.05) is 18.2 Å². The normalized spacial score (nSPS) is 15.3. The summed E-state index contributed by atoms with van der Waals surface area (Å²) >= 11 is 0. The standard InChI is InChI=1S/C17H14N2O6S/c1-19-14(15(20)12-7-2-3-8-13(12)26(19,24)25)16(21)18-11-6-4-5-10(9-11)17(22)23/h2-9,20H,1H3,(H,18,21)(H,22,23). The molecule has 1 heterocycles. The van der Waals surface area contributed by atoms with E-state index in [0.717, 1.165) is 7.05 Å². The SMILES string of the molecule is CN1C(C(=O)Nc2cccc(C(=O)O)c2)=C(O)c2ccccc2S1(=O)=O. The molecule has 1 amide bonds. The lowest BCUT2D eigenvalue weighted by molar-refractivity contribution is -0.113. The Morgan fingerprint density at radius 3 is 2.46 bits per heavy atom. The van der Waals surface area contributed by atoms with Gasteiger partial charge in [0.1, 0.15) is 0 Å². The number of sulfonamides is 1. The molecule has 3 N–H and O–H groups in total. The van der Waals surface area contributed by atoms with E-state index < -0.39 is 33.4 Å². The molecule has 9 heteroatoms. The van der Waals surface area contributed by atoms with Gasteiger partial charge < -0.3 is 15.5 Å². The highest BCUT2D eigenvalue weighted by Crippen LogP contribution is 2.34. The van der Waals surface area contributed by atoms with Crippen LogP contribution in [0.3, 0.4) is 0 Å². The van der Waals surface area contributed by atoms with Crippen molar-refractivity contribution in [2.45, 2.75) is 4.90 Å². The van der Waals surface area contributed by atoms with E-state index in [1.165, 1.54) is 42.5 Å². The van der Waals surface area contributed by atoms with Crippen molar-refractivity contribution < 1.29 is 28.2 Å². The van der Waals surface area contributed by atoms with Crippen LogP contribution in [0.4, 0.5) is 5.69 Å². The van der Waals surface area contributed by atoms with Gasteiger partial charge >= 0.3 is 5.97 Å². The number of amides is 1. The summed E-state index contributed by atoms with van der Waals surface area (Å²) in [5.41, 5.74) is -0.324. The molecule has 8 nitrogen and oxygen atoms in total. The summed E-state index contributed by atoms with van der Waals surface area (Å²) in [6.45, 7) is 0. The molecule has 2 aromatic carbocycles. The fourth-order valence-corrected chi connectivity index (χ4v) is 4.00. The maximum Gasteiger partial charge on any atom is 0.335 e. The summed E-state index contributed by atoms with van der Waals surface area (Å²) in [5, 5.41) is 21.8. The van der Waals surface area contributed by atoms with E-state index in [1.54, 1.807) is 6.07 Å². The van der Waals surface area contributed by atoms with Crippen molar-refractivity contribution in [1.29, 1.82) is 0 Å². The zero-order chi connectivity index (χ0) is 19.1. The number of carboxylic acid groups (broad SMARTS) is 1. The molecule has 1 aliphatic heterocycles. The summed E-state index contributed by atoms with van der Waals surface area (Å²) in [6.07, 6.45) is 0. The van der Waals surface area contributed by atoms with E-state index in [0.29, 0.717) is 4.31 Å². The quantitative estimate of drug-likeness (QED) is 0.754. The minimum Gasteiger partial charge on any atom is -0.505 e. The number of aromatic carboxylic acids is 1. The van der Waals surface area contributed by atoms with Gasteiger partial charge in [-0.05, 0) is 30.3 Å². The fourth-order valence-electron chi connectivity index (χ4n) is 2.60. The molecule has 26 heavy (non-hydrogen) atoms. The number of rotatable bonds is 3. The van der Waals surface area contributed by atoms with Gasteiger partial charge in [-0.15, -0.1) is 0 Å². The summed E-state index contributed by atoms with van der Waals surface area (Å²) in [5.74, 6) is -2.54. The largest absolute Gasteiger partial charge is 0.505 e. The van der Waals surface area contributed by atoms with Crippen LogP contribution in [0.2, 0.25) is 0 Å². The Kier molecular flexibility index (Phi) is 4.17. The number of nitrogens with zero attached hydrogens (tertiary/aromatic N) is 1. The predicted octanol–water partition coefficient (Wildman–Crippen LogP) is 1.88. The van der Waals surface area contributed by atoms with E-state index in [9.17, 15) is 23.1 Å². The van der Waals surface area contributed by atoms with Gasteiger partial charge in [-0.25, -0.2) is 13.2 Å². The Morgan fingerprint density at radius 2 is 1.77 bits per heavy atom. The van der Waals surface area contributed by atoms with Gasteiger partial charge in [0.2, 0.25) is 0 Å². The van der Waals surface area contributed by atoms with Gasteiger partial charge in [0.15, 0.2) is 11.5 Å². The first kappa shape index (κ1) is 17.5. The molecule has 0 saturated carbocycles. The Balaban J connectivity index is 2.04. The van der Waals surface area contributed by atoms with E-state index in [2.05, 4.69) is 5.32 Å². The van der Waals surface area contributed by atoms with Gasteiger partial charge in [0.25, 0.3) is 15.9 Å². The molecule has 0 aromatic heterocycles. The Bertz CT molecular complexity index is 1060. The van der Waals surface area contributed by atoms with Crippen molar-refractivity contribution in [3.05, 3.63) is 65.4 Å². The number of likely N-dealkylation sites (N-methyl/N-ethyl adjacent to an activating group) is 1. The van der Waals surface area contributed by atoms with Gasteiger partial charge in [-0.3, -0.25) is 9.10 Å². The molecular formula is C17H14N2O6S. The zero-order valence-electron chi connectivity index (χ0n) is 13.5. The number of nitrogens with one attached hydrogen (secondary N) is 1. The average molecular weight is 374 g/mol. The summed E-state index contributed by atoms with van der Waals surface area (Å²) in [7, 11) is -2.84. The Labute approximate surface area is 149 Å². The van der Waals surface area contributed by atoms with Crippen molar-refractivity contribution in [2.24, 2.45) is 0 Å². The van der Waals surface area contributed by atoms with Crippen molar-refractivity contribution in [3.8, 4) is 0 Å². The molecule has 0 saturated heterocycles. The van der Waals surface area contributed by atoms with Crippen LogP contribution < -0.4 is 5.32 Å². The van der Waals surface area contributed by atoms with Crippen LogP contribution in [0.25, 0.3) is 5.76 Å². The van der Waals surface area contributed by atoms with Crippen LogP contribution in [0, 0.1) is 0 Å². The van der Waals surface area contributed by atoms with Gasteiger partial charge in [-0.2, -0.15) is 0 Å². The first-order valence-corrected chi connectivity index (χ1v) is 8.84. The number of carbonyl (C=O) groups excluding carboxylic acids is 1. The molecule has 0 bridgehead atoms. The Hall–Kier alpha value is -3.33. The van der Waals surface area contributed by atoms with Crippen molar-refractivity contribution in [2.75, 3.05) is 12.4 Å². The first-order chi connectivity index (χ1) is 12.2. The molecule has 0 fully saturated rings. The second kappa shape index (κ2) is 6.19. The molecular weight excluding hydrogens is 360 g/mol. The monoisotopic (exact) mass is 374 g/mol. The third-order valence-electron chi connectivity index (χ3n) is 3.90. The number of anilines is 1. The topological polar surface area (TPSA) is 124 Å². The van der Waals surface area contributed by atoms with Crippen LogP contribution in [0.5, 0.6) is 0 Å². The van der Waals surface area contributed by atoms with Crippen LogP contribution in [-0.2, 0) is 14.8 Å². The lowest BCUT2D eigenvalue weighted by Gasteiger charge is -2.28. The molecule has 134 valence electrons. The zero-order valence-corrected chi connectivity index (χ0v) is 14.3. The number of hydrogen-bond donors (Lipinski definition) is 3. The third-order valence-corrected chi connectivity index (χ3v) is 5.72. The molecule has 0 aliphatic carbocycles. The second-order valence-corrected chi connectivity index (χ2v) is 7.44. The van der Waals surface area contributed by atoms with Crippen LogP contribution in [-0.4, -0.2) is 41.9 Å². The molecule has 1 aliphatic rings. The summed E-state index contributed by atoms with van der Waals surface area (Å²) in [4.78, 5) is 23.5. The van der Waals surface area contributed by atoms with E-state index in [-0.39, 0.29) is 21.7 Å². The maximum atomic E-state index is 12.6. The van der Waals surface area contributed by atoms with Crippen LogP contribution in [0.1, 0.15) is 15.9 Å². The summed E-state index contributed by atoms with van der Waals surface area (Å²) < 4.78 is 25.9. The number of benzene rings is 2. The minimum atomic E-state index is -4.00. The number of carboxylic acids is 1. The molecule has 2 aromatic rings. The molecule has 0 spiro atoms. The number of hydrogen-bond acceptors (Lipinski definition) is 5. The van der Waals surface area contributed by atoms with Crippen LogP contribution >= 0.6 is 0 Å². The lowest BCUT2D eigenvalue weighted by Crippen LogP contribution is -2.37. The number of aliphatic hydroxyl groups is 1. The lowest BCUT2D eigenvalue weighted by atomic mass is 10.1. The van der Waals surface area contributed by atoms with Crippen molar-refractivity contribution in [1.82, 2.24) is 4.31 Å². The second-order valence-electron chi connectivity index (χ2n) is 5.51. The highest BCUT2D eigenvalue weighted by molar-refractivity contribution is 7.89. The molecule has 0 unspecified atom stereocenters.